The fourth-order valence-corrected chi connectivity index (χ4v) is 3.00. The molecule has 2 nitrogen and oxygen atoms in total. The predicted octanol–water partition coefficient (Wildman–Crippen LogP) is 6.46. The molecular weight excluding hydrogens is 302 g/mol. The molecule has 0 bridgehead atoms. The highest BCUT2D eigenvalue weighted by Gasteiger charge is 2.17. The van der Waals surface area contributed by atoms with Crippen LogP contribution in [0, 0.1) is 5.92 Å². The fourth-order valence-electron chi connectivity index (χ4n) is 2.22. The Kier molecular flexibility index (Phi) is 6.72. The summed E-state index contributed by atoms with van der Waals surface area (Å²) in [4.78, 5) is 4.77. The van der Waals surface area contributed by atoms with E-state index in [1.807, 2.05) is 31.2 Å². The third-order valence-corrected chi connectivity index (χ3v) is 4.48. The van der Waals surface area contributed by atoms with E-state index in [1.54, 1.807) is 11.8 Å². The van der Waals surface area contributed by atoms with Gasteiger partial charge in [0.25, 0.3) is 5.22 Å². The predicted molar refractivity (Wildman–Crippen MR) is 101 cm³/mol. The molecule has 0 aliphatic heterocycles. The molecule has 0 radical (unpaired) electrons. The standard InChI is InChI=1S/C20H25NOS/c1-5-10-16(11-6-2)18-19(17-12-8-7-9-13-17)22-20(21-18)23-14-15(3)4/h5,7-13,15H,6,14H2,1-4H3/b10-5-,16-11+. The van der Waals surface area contributed by atoms with Crippen LogP contribution in [0.1, 0.15) is 39.8 Å². The van der Waals surface area contributed by atoms with Crippen LogP contribution in [0.5, 0.6) is 0 Å². The Labute approximate surface area is 143 Å². The maximum Gasteiger partial charge on any atom is 0.256 e. The second kappa shape index (κ2) is 8.78. The Morgan fingerprint density at radius 1 is 1.26 bits per heavy atom. The number of hydrogen-bond donors (Lipinski definition) is 0. The minimum atomic E-state index is 0.608. The quantitative estimate of drug-likeness (QED) is 0.431. The van der Waals surface area contributed by atoms with Crippen molar-refractivity contribution in [3.63, 3.8) is 0 Å². The molecule has 1 heterocycles. The molecule has 2 aromatic rings. The number of rotatable bonds is 7. The van der Waals surface area contributed by atoms with Crippen molar-refractivity contribution in [1.82, 2.24) is 4.98 Å². The van der Waals surface area contributed by atoms with Crippen LogP contribution in [0.3, 0.4) is 0 Å². The lowest BCUT2D eigenvalue weighted by atomic mass is 10.0. The van der Waals surface area contributed by atoms with Crippen molar-refractivity contribution in [3.8, 4) is 11.3 Å². The zero-order valence-electron chi connectivity index (χ0n) is 14.4. The van der Waals surface area contributed by atoms with Gasteiger partial charge in [-0.3, -0.25) is 0 Å². The molecule has 23 heavy (non-hydrogen) atoms. The van der Waals surface area contributed by atoms with Gasteiger partial charge in [-0.05, 0) is 24.8 Å². The van der Waals surface area contributed by atoms with Crippen molar-refractivity contribution >= 4 is 17.3 Å². The average Bonchev–Trinajstić information content (AvgIpc) is 2.98. The number of hydrogen-bond acceptors (Lipinski definition) is 3. The van der Waals surface area contributed by atoms with Gasteiger partial charge in [0.1, 0.15) is 5.69 Å². The molecule has 3 heteroatoms. The van der Waals surface area contributed by atoms with E-state index < -0.39 is 0 Å². The molecule has 122 valence electrons. The number of nitrogens with zero attached hydrogens (tertiary/aromatic N) is 1. The summed E-state index contributed by atoms with van der Waals surface area (Å²) in [6, 6.07) is 10.2. The van der Waals surface area contributed by atoms with Crippen LogP contribution >= 0.6 is 11.8 Å². The maximum absolute atomic E-state index is 6.10. The Bertz CT molecular complexity index is 668. The Hall–Kier alpha value is -1.74. The molecule has 0 fully saturated rings. The monoisotopic (exact) mass is 327 g/mol. The van der Waals surface area contributed by atoms with Gasteiger partial charge in [0.15, 0.2) is 5.76 Å². The van der Waals surface area contributed by atoms with Crippen molar-refractivity contribution in [2.45, 2.75) is 39.3 Å². The third kappa shape index (κ3) is 4.87. The van der Waals surface area contributed by atoms with Crippen molar-refractivity contribution in [1.29, 1.82) is 0 Å². The van der Waals surface area contributed by atoms with E-state index in [0.717, 1.165) is 40.0 Å². The van der Waals surface area contributed by atoms with Crippen molar-refractivity contribution in [2.75, 3.05) is 5.75 Å². The van der Waals surface area contributed by atoms with Gasteiger partial charge in [-0.25, -0.2) is 4.98 Å². The molecule has 0 unspecified atom stereocenters. The lowest BCUT2D eigenvalue weighted by molar-refractivity contribution is 0.465. The molecule has 1 aromatic heterocycles. The summed E-state index contributed by atoms with van der Waals surface area (Å²) in [7, 11) is 0. The van der Waals surface area contributed by atoms with Crippen LogP contribution in [-0.4, -0.2) is 10.7 Å². The van der Waals surface area contributed by atoms with Crippen molar-refractivity contribution in [3.05, 3.63) is 54.3 Å². The molecule has 0 amide bonds. The van der Waals surface area contributed by atoms with Gasteiger partial charge in [0.05, 0.1) is 0 Å². The highest BCUT2D eigenvalue weighted by atomic mass is 32.2. The minimum Gasteiger partial charge on any atom is -0.431 e. The zero-order chi connectivity index (χ0) is 16.7. The molecule has 1 aromatic carbocycles. The lowest BCUT2D eigenvalue weighted by Crippen LogP contribution is -1.90. The normalized spacial score (nSPS) is 12.5. The van der Waals surface area contributed by atoms with Crippen LogP contribution in [-0.2, 0) is 0 Å². The van der Waals surface area contributed by atoms with Gasteiger partial charge in [-0.15, -0.1) is 0 Å². The highest BCUT2D eigenvalue weighted by Crippen LogP contribution is 2.34. The van der Waals surface area contributed by atoms with Gasteiger partial charge in [0.2, 0.25) is 0 Å². The molecule has 2 rings (SSSR count). The van der Waals surface area contributed by atoms with Crippen LogP contribution in [0.15, 0.2) is 58.2 Å². The lowest BCUT2D eigenvalue weighted by Gasteiger charge is -2.02. The van der Waals surface area contributed by atoms with E-state index in [1.165, 1.54) is 0 Å². The molecular formula is C20H25NOS. The molecule has 0 aliphatic carbocycles. The smallest absolute Gasteiger partial charge is 0.256 e. The number of allylic oxidation sites excluding steroid dienone is 4. The summed E-state index contributed by atoms with van der Waals surface area (Å²) in [5, 5.41) is 0.749. The maximum atomic E-state index is 6.10. The molecule has 0 atom stereocenters. The zero-order valence-corrected chi connectivity index (χ0v) is 15.2. The fraction of sp³-hybridized carbons (Fsp3) is 0.350. The van der Waals surface area contributed by atoms with Crippen LogP contribution in [0.4, 0.5) is 0 Å². The summed E-state index contributed by atoms with van der Waals surface area (Å²) < 4.78 is 6.10. The first-order chi connectivity index (χ1) is 11.2. The van der Waals surface area contributed by atoms with Crippen molar-refractivity contribution < 1.29 is 4.42 Å². The van der Waals surface area contributed by atoms with E-state index in [9.17, 15) is 0 Å². The van der Waals surface area contributed by atoms with Gasteiger partial charge >= 0.3 is 0 Å². The van der Waals surface area contributed by atoms with E-state index >= 15 is 0 Å². The van der Waals surface area contributed by atoms with E-state index in [-0.39, 0.29) is 0 Å². The van der Waals surface area contributed by atoms with Crippen LogP contribution < -0.4 is 0 Å². The van der Waals surface area contributed by atoms with E-state index in [2.05, 4.69) is 45.1 Å². The second-order valence-electron chi connectivity index (χ2n) is 5.80. The van der Waals surface area contributed by atoms with Crippen LogP contribution in [0.2, 0.25) is 0 Å². The summed E-state index contributed by atoms with van der Waals surface area (Å²) in [5.74, 6) is 2.47. The first-order valence-electron chi connectivity index (χ1n) is 8.18. The average molecular weight is 327 g/mol. The number of thioether (sulfide) groups is 1. The van der Waals surface area contributed by atoms with Gasteiger partial charge in [-0.1, -0.05) is 81.1 Å². The first kappa shape index (κ1) is 17.6. The summed E-state index contributed by atoms with van der Waals surface area (Å²) >= 11 is 1.68. The van der Waals surface area contributed by atoms with Gasteiger partial charge in [0, 0.05) is 11.3 Å². The Morgan fingerprint density at radius 2 is 2.00 bits per heavy atom. The summed E-state index contributed by atoms with van der Waals surface area (Å²) in [6.07, 6.45) is 7.31. The molecule has 0 N–H and O–H groups in total. The first-order valence-corrected chi connectivity index (χ1v) is 9.16. The Morgan fingerprint density at radius 3 is 2.61 bits per heavy atom. The van der Waals surface area contributed by atoms with Gasteiger partial charge < -0.3 is 4.42 Å². The topological polar surface area (TPSA) is 26.0 Å². The van der Waals surface area contributed by atoms with E-state index in [0.29, 0.717) is 5.92 Å². The number of oxazole rings is 1. The Balaban J connectivity index is 2.47. The van der Waals surface area contributed by atoms with Crippen molar-refractivity contribution in [2.24, 2.45) is 5.92 Å². The second-order valence-corrected chi connectivity index (χ2v) is 6.77. The summed E-state index contributed by atoms with van der Waals surface area (Å²) in [5.41, 5.74) is 3.12. The largest absolute Gasteiger partial charge is 0.431 e. The van der Waals surface area contributed by atoms with E-state index in [4.69, 9.17) is 9.40 Å². The molecule has 0 saturated heterocycles. The molecule has 0 spiro atoms. The SMILES string of the molecule is C/C=C\C(=C/CC)c1nc(SCC(C)C)oc1-c1ccccc1. The number of benzene rings is 1. The third-order valence-electron chi connectivity index (χ3n) is 3.23. The highest BCUT2D eigenvalue weighted by molar-refractivity contribution is 7.99. The summed E-state index contributed by atoms with van der Waals surface area (Å²) in [6.45, 7) is 8.58. The number of aromatic nitrogens is 1. The van der Waals surface area contributed by atoms with Gasteiger partial charge in [-0.2, -0.15) is 0 Å². The molecule has 0 saturated carbocycles. The molecule has 0 aliphatic rings. The minimum absolute atomic E-state index is 0.608. The van der Waals surface area contributed by atoms with Crippen LogP contribution in [0.25, 0.3) is 16.9 Å².